The molecule has 1 unspecified atom stereocenters. The Bertz CT molecular complexity index is 559. The number of unbranched alkanes of at least 4 members (excludes halogenated alkanes) is 1. The third-order valence-electron chi connectivity index (χ3n) is 3.69. The summed E-state index contributed by atoms with van der Waals surface area (Å²) in [7, 11) is 1.63. The number of aliphatic imine (C=N–C) groups is 1. The molecule has 0 spiro atoms. The lowest BCUT2D eigenvalue weighted by atomic mass is 10.0. The first kappa shape index (κ1) is 21.1. The van der Waals surface area contributed by atoms with Gasteiger partial charge in [0, 0.05) is 25.1 Å². The monoisotopic (exact) mass is 359 g/mol. The fraction of sp³-hybridized carbons (Fsp3) is 0.611. The van der Waals surface area contributed by atoms with Crippen molar-refractivity contribution >= 4 is 5.96 Å². The first-order valence-electron chi connectivity index (χ1n) is 8.53. The minimum atomic E-state index is -4.09. The lowest BCUT2D eigenvalue weighted by Gasteiger charge is -2.20. The molecule has 4 nitrogen and oxygen atoms in total. The summed E-state index contributed by atoms with van der Waals surface area (Å²) in [5, 5.41) is 6.40. The molecule has 0 saturated carbocycles. The van der Waals surface area contributed by atoms with Crippen molar-refractivity contribution in [2.45, 2.75) is 52.3 Å². The third-order valence-corrected chi connectivity index (χ3v) is 3.69. The molecule has 0 fully saturated rings. The predicted molar refractivity (Wildman–Crippen MR) is 95.2 cm³/mol. The van der Waals surface area contributed by atoms with Gasteiger partial charge < -0.3 is 15.4 Å². The number of hydrogen-bond acceptors (Lipinski definition) is 2. The number of aryl methyl sites for hydroxylation is 1. The second-order valence-electron chi connectivity index (χ2n) is 5.94. The molecule has 0 radical (unpaired) electrons. The van der Waals surface area contributed by atoms with Gasteiger partial charge in [0.1, 0.15) is 5.75 Å². The minimum absolute atomic E-state index is 0.0529. The number of halogens is 3. The van der Waals surface area contributed by atoms with Crippen LogP contribution in [0, 0.1) is 6.92 Å². The van der Waals surface area contributed by atoms with E-state index in [1.165, 1.54) is 0 Å². The lowest BCUT2D eigenvalue weighted by molar-refractivity contribution is -0.135. The van der Waals surface area contributed by atoms with Gasteiger partial charge in [-0.3, -0.25) is 4.99 Å². The fourth-order valence-electron chi connectivity index (χ4n) is 2.42. The molecule has 0 aliphatic carbocycles. The Hall–Kier alpha value is -1.92. The van der Waals surface area contributed by atoms with Crippen LogP contribution in [-0.2, 0) is 0 Å². The van der Waals surface area contributed by atoms with Gasteiger partial charge in [-0.25, -0.2) is 0 Å². The molecular weight excluding hydrogens is 331 g/mol. The third kappa shape index (κ3) is 8.14. The number of guanidine groups is 1. The number of nitrogens with one attached hydrogen (secondary N) is 2. The van der Waals surface area contributed by atoms with Crippen molar-refractivity contribution in [1.82, 2.24) is 10.6 Å². The average Bonchev–Trinajstić information content (AvgIpc) is 2.53. The van der Waals surface area contributed by atoms with Gasteiger partial charge in [0.25, 0.3) is 0 Å². The molecule has 0 amide bonds. The van der Waals surface area contributed by atoms with Crippen LogP contribution in [0.1, 0.15) is 50.3 Å². The van der Waals surface area contributed by atoms with E-state index in [-0.39, 0.29) is 12.5 Å². The highest BCUT2D eigenvalue weighted by atomic mass is 19.4. The van der Waals surface area contributed by atoms with E-state index >= 15 is 0 Å². The molecule has 0 aromatic heterocycles. The summed E-state index contributed by atoms with van der Waals surface area (Å²) in [6.07, 6.45) is -4.36. The second kappa shape index (κ2) is 10.2. The smallest absolute Gasteiger partial charge is 0.389 e. The summed E-state index contributed by atoms with van der Waals surface area (Å²) in [4.78, 5) is 4.36. The summed E-state index contributed by atoms with van der Waals surface area (Å²) in [5.41, 5.74) is 2.13. The van der Waals surface area contributed by atoms with E-state index in [1.807, 2.05) is 39.0 Å². The second-order valence-corrected chi connectivity index (χ2v) is 5.94. The van der Waals surface area contributed by atoms with Crippen LogP contribution in [0.15, 0.2) is 23.2 Å². The van der Waals surface area contributed by atoms with Gasteiger partial charge in [-0.15, -0.1) is 0 Å². The average molecular weight is 359 g/mol. The van der Waals surface area contributed by atoms with Gasteiger partial charge in [-0.05, 0) is 39.7 Å². The first-order chi connectivity index (χ1) is 11.8. The Labute approximate surface area is 147 Å². The van der Waals surface area contributed by atoms with E-state index in [0.717, 1.165) is 16.9 Å². The van der Waals surface area contributed by atoms with Gasteiger partial charge in [0.05, 0.1) is 13.2 Å². The van der Waals surface area contributed by atoms with Crippen LogP contribution in [0.5, 0.6) is 5.75 Å². The van der Waals surface area contributed by atoms with Crippen molar-refractivity contribution in [3.05, 3.63) is 29.3 Å². The van der Waals surface area contributed by atoms with Crippen LogP contribution in [0.25, 0.3) is 0 Å². The quantitative estimate of drug-likeness (QED) is 0.412. The van der Waals surface area contributed by atoms with E-state index in [9.17, 15) is 13.2 Å². The number of nitrogens with zero attached hydrogens (tertiary/aromatic N) is 1. The predicted octanol–water partition coefficient (Wildman–Crippen LogP) is 4.35. The van der Waals surface area contributed by atoms with Crippen LogP contribution in [0.4, 0.5) is 13.2 Å². The van der Waals surface area contributed by atoms with Crippen LogP contribution in [-0.4, -0.2) is 32.3 Å². The number of rotatable bonds is 8. The van der Waals surface area contributed by atoms with Gasteiger partial charge in [0.15, 0.2) is 5.96 Å². The molecule has 1 rings (SSSR count). The number of ether oxygens (including phenoxy) is 1. The Balaban J connectivity index is 2.67. The molecule has 0 heterocycles. The minimum Gasteiger partial charge on any atom is -0.496 e. The van der Waals surface area contributed by atoms with Gasteiger partial charge in [-0.2, -0.15) is 13.2 Å². The maximum Gasteiger partial charge on any atom is 0.389 e. The molecule has 2 N–H and O–H groups in total. The van der Waals surface area contributed by atoms with Crippen LogP contribution < -0.4 is 15.4 Å². The molecule has 7 heteroatoms. The van der Waals surface area contributed by atoms with Crippen LogP contribution in [0.2, 0.25) is 0 Å². The van der Waals surface area contributed by atoms with Gasteiger partial charge in [-0.1, -0.05) is 17.7 Å². The molecule has 1 aromatic carbocycles. The van der Waals surface area contributed by atoms with E-state index in [0.29, 0.717) is 25.5 Å². The van der Waals surface area contributed by atoms with Crippen LogP contribution >= 0.6 is 0 Å². The molecule has 0 bridgehead atoms. The highest BCUT2D eigenvalue weighted by Crippen LogP contribution is 2.26. The van der Waals surface area contributed by atoms with Gasteiger partial charge in [0.2, 0.25) is 0 Å². The zero-order chi connectivity index (χ0) is 18.9. The maximum atomic E-state index is 12.2. The van der Waals surface area contributed by atoms with Crippen molar-refractivity contribution in [2.75, 3.05) is 20.2 Å². The molecular formula is C18H28F3N3O. The Morgan fingerprint density at radius 3 is 2.60 bits per heavy atom. The van der Waals surface area contributed by atoms with Crippen molar-refractivity contribution in [3.8, 4) is 5.75 Å². The number of alkyl halides is 3. The summed E-state index contributed by atoms with van der Waals surface area (Å²) in [5.74, 6) is 1.37. The molecule has 0 saturated heterocycles. The van der Waals surface area contributed by atoms with E-state index in [1.54, 1.807) is 7.11 Å². The molecule has 142 valence electrons. The number of benzene rings is 1. The number of methoxy groups -OCH3 is 1. The number of hydrogen-bond donors (Lipinski definition) is 2. The van der Waals surface area contributed by atoms with E-state index in [2.05, 4.69) is 15.6 Å². The SMILES string of the molecule is CCNC(=NCCCCC(F)(F)F)NC(C)c1cc(C)ccc1OC. The van der Waals surface area contributed by atoms with E-state index in [4.69, 9.17) is 4.74 Å². The zero-order valence-corrected chi connectivity index (χ0v) is 15.3. The molecule has 1 atom stereocenters. The zero-order valence-electron chi connectivity index (χ0n) is 15.3. The van der Waals surface area contributed by atoms with Gasteiger partial charge >= 0.3 is 6.18 Å². The van der Waals surface area contributed by atoms with Crippen LogP contribution in [0.3, 0.4) is 0 Å². The van der Waals surface area contributed by atoms with E-state index < -0.39 is 12.6 Å². The Morgan fingerprint density at radius 1 is 1.28 bits per heavy atom. The summed E-state index contributed by atoms with van der Waals surface area (Å²) in [6.45, 7) is 6.97. The Morgan fingerprint density at radius 2 is 2.00 bits per heavy atom. The Kier molecular flexibility index (Phi) is 8.58. The molecule has 1 aromatic rings. The largest absolute Gasteiger partial charge is 0.496 e. The first-order valence-corrected chi connectivity index (χ1v) is 8.53. The van der Waals surface area contributed by atoms with Crippen molar-refractivity contribution in [1.29, 1.82) is 0 Å². The lowest BCUT2D eigenvalue weighted by Crippen LogP contribution is -2.39. The van der Waals surface area contributed by atoms with Crippen molar-refractivity contribution < 1.29 is 17.9 Å². The molecule has 0 aliphatic rings. The summed E-state index contributed by atoms with van der Waals surface area (Å²) >= 11 is 0. The maximum absolute atomic E-state index is 12.2. The standard InChI is InChI=1S/C18H28F3N3O/c1-5-22-17(23-11-7-6-10-18(19,20)21)24-14(3)15-12-13(2)8-9-16(15)25-4/h8-9,12,14H,5-7,10-11H2,1-4H3,(H2,22,23,24). The summed E-state index contributed by atoms with van der Waals surface area (Å²) in [6, 6.07) is 5.89. The fourth-order valence-corrected chi connectivity index (χ4v) is 2.42. The normalized spacial score (nSPS) is 13.5. The molecule has 0 aliphatic heterocycles. The highest BCUT2D eigenvalue weighted by molar-refractivity contribution is 5.80. The van der Waals surface area contributed by atoms with Crippen molar-refractivity contribution in [2.24, 2.45) is 4.99 Å². The summed E-state index contributed by atoms with van der Waals surface area (Å²) < 4.78 is 41.9. The highest BCUT2D eigenvalue weighted by Gasteiger charge is 2.25. The molecule has 25 heavy (non-hydrogen) atoms. The topological polar surface area (TPSA) is 45.7 Å². The van der Waals surface area contributed by atoms with Crippen molar-refractivity contribution in [3.63, 3.8) is 0 Å².